The Morgan fingerprint density at radius 1 is 1.19 bits per heavy atom. The van der Waals surface area contributed by atoms with Gasteiger partial charge in [0.25, 0.3) is 0 Å². The number of nitrogens with zero attached hydrogens (tertiary/aromatic N) is 4. The van der Waals surface area contributed by atoms with Crippen LogP contribution in [-0.2, 0) is 5.75 Å². The minimum Gasteiger partial charge on any atom is -0.368 e. The first kappa shape index (κ1) is 18.8. The number of rotatable bonds is 4. The van der Waals surface area contributed by atoms with Gasteiger partial charge in [-0.2, -0.15) is 15.0 Å². The van der Waals surface area contributed by atoms with Crippen molar-refractivity contribution in [2.45, 2.75) is 26.0 Å². The summed E-state index contributed by atoms with van der Waals surface area (Å²) >= 11 is 7.21. The Kier molecular flexibility index (Phi) is 6.26. The lowest BCUT2D eigenvalue weighted by atomic mass is 9.92. The van der Waals surface area contributed by atoms with Gasteiger partial charge in [0.05, 0.1) is 5.75 Å². The molecule has 1 aromatic carbocycles. The molecule has 0 spiro atoms. The third-order valence-corrected chi connectivity index (χ3v) is 5.70. The Labute approximate surface area is 164 Å². The average molecular weight is 389 g/mol. The quantitative estimate of drug-likeness (QED) is 0.768. The predicted octanol–water partition coefficient (Wildman–Crippen LogP) is 3.69. The summed E-state index contributed by atoms with van der Waals surface area (Å²) < 4.78 is 0.903. The van der Waals surface area contributed by atoms with E-state index in [-0.39, 0.29) is 5.95 Å². The third-order valence-electron chi connectivity index (χ3n) is 4.18. The molecule has 8 heteroatoms. The average Bonchev–Trinajstić information content (AvgIpc) is 2.59. The van der Waals surface area contributed by atoms with Gasteiger partial charge in [-0.25, -0.2) is 0 Å². The molecule has 3 rings (SSSR count). The van der Waals surface area contributed by atoms with E-state index in [2.05, 4.69) is 39.0 Å². The third kappa shape index (κ3) is 5.28. The molecule has 0 unspecified atom stereocenters. The standard InChI is InChI=1S/C18H24N6S2/c1-12-8-13(2)10-24(9-12)18(25)26-11-15-21-16(19)23-17(22-15)20-14-6-4-3-5-7-14/h3-7,12-13H,8-11H2,1-2H3,(H3,19,20,21,22,23)/t12-,13+. The maximum absolute atomic E-state index is 5.84. The van der Waals surface area contributed by atoms with Crippen molar-refractivity contribution < 1.29 is 0 Å². The molecule has 26 heavy (non-hydrogen) atoms. The van der Waals surface area contributed by atoms with Gasteiger partial charge in [-0.1, -0.05) is 56.0 Å². The Morgan fingerprint density at radius 2 is 1.88 bits per heavy atom. The minimum atomic E-state index is 0.208. The SMILES string of the molecule is C[C@@H]1C[C@H](C)CN(C(=S)SCc2nc(N)nc(Nc3ccccc3)n2)C1. The van der Waals surface area contributed by atoms with Crippen LogP contribution < -0.4 is 11.1 Å². The second-order valence-corrected chi connectivity index (χ2v) is 8.44. The van der Waals surface area contributed by atoms with E-state index in [0.717, 1.165) is 23.1 Å². The molecule has 0 radical (unpaired) electrons. The molecule has 3 N–H and O–H groups in total. The van der Waals surface area contributed by atoms with E-state index in [1.54, 1.807) is 11.8 Å². The zero-order chi connectivity index (χ0) is 18.5. The van der Waals surface area contributed by atoms with Crippen LogP contribution in [0.1, 0.15) is 26.1 Å². The highest BCUT2D eigenvalue weighted by molar-refractivity contribution is 8.22. The molecule has 1 aliphatic rings. The molecule has 2 atom stereocenters. The fourth-order valence-electron chi connectivity index (χ4n) is 3.24. The Bertz CT molecular complexity index is 745. The monoisotopic (exact) mass is 388 g/mol. The van der Waals surface area contributed by atoms with Crippen molar-refractivity contribution in [3.63, 3.8) is 0 Å². The van der Waals surface area contributed by atoms with Crippen molar-refractivity contribution >= 4 is 45.9 Å². The Hall–Kier alpha value is -1.93. The Balaban J connectivity index is 1.61. The molecule has 1 aromatic heterocycles. The van der Waals surface area contributed by atoms with Gasteiger partial charge in [-0.15, -0.1) is 0 Å². The van der Waals surface area contributed by atoms with Crippen LogP contribution in [-0.4, -0.2) is 37.3 Å². The summed E-state index contributed by atoms with van der Waals surface area (Å²) in [5.41, 5.74) is 6.75. The van der Waals surface area contributed by atoms with Gasteiger partial charge < -0.3 is 16.0 Å². The maximum atomic E-state index is 5.84. The number of nitrogens with one attached hydrogen (secondary N) is 1. The number of piperidine rings is 1. The molecule has 138 valence electrons. The van der Waals surface area contributed by atoms with E-state index < -0.39 is 0 Å². The highest BCUT2D eigenvalue weighted by Gasteiger charge is 2.23. The summed E-state index contributed by atoms with van der Waals surface area (Å²) in [6.07, 6.45) is 1.27. The predicted molar refractivity (Wildman–Crippen MR) is 112 cm³/mol. The molecule has 1 saturated heterocycles. The number of nitrogen functional groups attached to an aromatic ring is 1. The Morgan fingerprint density at radius 3 is 2.58 bits per heavy atom. The van der Waals surface area contributed by atoms with Gasteiger partial charge in [0.15, 0.2) is 0 Å². The molecule has 0 saturated carbocycles. The van der Waals surface area contributed by atoms with Crippen LogP contribution in [0.3, 0.4) is 0 Å². The van der Waals surface area contributed by atoms with Crippen molar-refractivity contribution in [2.24, 2.45) is 11.8 Å². The molecule has 1 aliphatic heterocycles. The lowest BCUT2D eigenvalue weighted by Gasteiger charge is -2.36. The molecular formula is C18H24N6S2. The van der Waals surface area contributed by atoms with Crippen molar-refractivity contribution in [3.8, 4) is 0 Å². The fourth-order valence-corrected chi connectivity index (χ4v) is 4.28. The minimum absolute atomic E-state index is 0.208. The molecule has 2 heterocycles. The molecule has 2 aromatic rings. The summed E-state index contributed by atoms with van der Waals surface area (Å²) in [7, 11) is 0. The van der Waals surface area contributed by atoms with Crippen molar-refractivity contribution in [3.05, 3.63) is 36.2 Å². The second kappa shape index (κ2) is 8.64. The normalized spacial score (nSPS) is 20.0. The van der Waals surface area contributed by atoms with E-state index in [4.69, 9.17) is 18.0 Å². The van der Waals surface area contributed by atoms with Gasteiger partial charge in [-0.05, 0) is 30.4 Å². The maximum Gasteiger partial charge on any atom is 0.232 e. The summed E-state index contributed by atoms with van der Waals surface area (Å²) in [6, 6.07) is 9.74. The number of thioether (sulfide) groups is 1. The van der Waals surface area contributed by atoms with Crippen LogP contribution in [0.4, 0.5) is 17.6 Å². The first-order valence-corrected chi connectivity index (χ1v) is 10.1. The number of benzene rings is 1. The molecule has 0 aliphatic carbocycles. The van der Waals surface area contributed by atoms with Crippen molar-refractivity contribution in [1.82, 2.24) is 19.9 Å². The highest BCUT2D eigenvalue weighted by atomic mass is 32.2. The highest BCUT2D eigenvalue weighted by Crippen LogP contribution is 2.25. The van der Waals surface area contributed by atoms with Crippen LogP contribution in [0.15, 0.2) is 30.3 Å². The molecular weight excluding hydrogens is 364 g/mol. The van der Waals surface area contributed by atoms with E-state index in [9.17, 15) is 0 Å². The van der Waals surface area contributed by atoms with Crippen LogP contribution in [0.2, 0.25) is 0 Å². The summed E-state index contributed by atoms with van der Waals surface area (Å²) in [5, 5.41) is 3.15. The lowest BCUT2D eigenvalue weighted by molar-refractivity contribution is 0.219. The number of nitrogens with two attached hydrogens (primary N) is 1. The number of hydrogen-bond acceptors (Lipinski definition) is 7. The second-order valence-electron chi connectivity index (χ2n) is 6.83. The van der Waals surface area contributed by atoms with Crippen molar-refractivity contribution in [1.29, 1.82) is 0 Å². The topological polar surface area (TPSA) is 80.0 Å². The largest absolute Gasteiger partial charge is 0.368 e. The lowest BCUT2D eigenvalue weighted by Crippen LogP contribution is -2.40. The molecule has 0 bridgehead atoms. The molecule has 0 amide bonds. The summed E-state index contributed by atoms with van der Waals surface area (Å²) in [5.74, 6) is 3.21. The molecule has 1 fully saturated rings. The summed E-state index contributed by atoms with van der Waals surface area (Å²) in [4.78, 5) is 15.2. The first-order valence-electron chi connectivity index (χ1n) is 8.74. The first-order chi connectivity index (χ1) is 12.5. The van der Waals surface area contributed by atoms with E-state index in [1.807, 2.05) is 30.3 Å². The van der Waals surface area contributed by atoms with Gasteiger partial charge in [0.1, 0.15) is 10.1 Å². The summed E-state index contributed by atoms with van der Waals surface area (Å²) in [6.45, 7) is 6.61. The number of thiocarbonyl (C=S) groups is 1. The van der Waals surface area contributed by atoms with Gasteiger partial charge in [0.2, 0.25) is 11.9 Å². The van der Waals surface area contributed by atoms with Crippen LogP contribution in [0.5, 0.6) is 0 Å². The number of likely N-dealkylation sites (tertiary alicyclic amines) is 1. The smallest absolute Gasteiger partial charge is 0.232 e. The van der Waals surface area contributed by atoms with Gasteiger partial charge in [0, 0.05) is 18.8 Å². The van der Waals surface area contributed by atoms with E-state index in [1.165, 1.54) is 6.42 Å². The zero-order valence-corrected chi connectivity index (χ0v) is 16.7. The van der Waals surface area contributed by atoms with Crippen LogP contribution in [0, 0.1) is 11.8 Å². The van der Waals surface area contributed by atoms with E-state index in [0.29, 0.717) is 29.4 Å². The molecule has 6 nitrogen and oxygen atoms in total. The van der Waals surface area contributed by atoms with Gasteiger partial charge in [-0.3, -0.25) is 0 Å². The van der Waals surface area contributed by atoms with E-state index >= 15 is 0 Å². The zero-order valence-electron chi connectivity index (χ0n) is 15.1. The van der Waals surface area contributed by atoms with Gasteiger partial charge >= 0.3 is 0 Å². The number of anilines is 3. The van der Waals surface area contributed by atoms with Crippen molar-refractivity contribution in [2.75, 3.05) is 24.1 Å². The number of aromatic nitrogens is 3. The fraction of sp³-hybridized carbons (Fsp3) is 0.444. The van der Waals surface area contributed by atoms with Crippen LogP contribution >= 0.6 is 24.0 Å². The number of para-hydroxylation sites is 1. The van der Waals surface area contributed by atoms with Crippen LogP contribution in [0.25, 0.3) is 0 Å². The number of hydrogen-bond donors (Lipinski definition) is 2.